The lowest BCUT2D eigenvalue weighted by Gasteiger charge is -2.44. The van der Waals surface area contributed by atoms with Gasteiger partial charge in [-0.1, -0.05) is 71.9 Å². The summed E-state index contributed by atoms with van der Waals surface area (Å²) in [7, 11) is -5.09. The zero-order valence-corrected chi connectivity index (χ0v) is 33.5. The van der Waals surface area contributed by atoms with Crippen LogP contribution in [0, 0.1) is 0 Å². The van der Waals surface area contributed by atoms with Crippen molar-refractivity contribution in [2.45, 2.75) is 148 Å². The summed E-state index contributed by atoms with van der Waals surface area (Å²) in [6.45, 7) is 26.3. The number of benzene rings is 1. The number of aromatic nitrogens is 2. The fourth-order valence-corrected chi connectivity index (χ4v) is 7.38. The fourth-order valence-electron chi connectivity index (χ4n) is 4.78. The quantitative estimate of drug-likeness (QED) is 0.203. The lowest BCUT2D eigenvalue weighted by atomic mass is 10.0. The molecule has 49 heavy (non-hydrogen) atoms. The molecule has 1 aliphatic rings. The van der Waals surface area contributed by atoms with Crippen molar-refractivity contribution >= 4 is 28.7 Å². The van der Waals surface area contributed by atoms with E-state index in [-0.39, 0.29) is 23.1 Å². The van der Waals surface area contributed by atoms with E-state index in [1.54, 1.807) is 20.8 Å². The van der Waals surface area contributed by atoms with Crippen molar-refractivity contribution in [3.63, 3.8) is 0 Å². The van der Waals surface area contributed by atoms with Crippen LogP contribution in [-0.4, -0.2) is 68.2 Å². The minimum atomic E-state index is -2.54. The molecule has 12 nitrogen and oxygen atoms in total. The van der Waals surface area contributed by atoms with Gasteiger partial charge in [0.1, 0.15) is 30.5 Å². The number of hydrogen-bond acceptors (Lipinski definition) is 9. The normalized spacial score (nSPS) is 21.2. The van der Waals surface area contributed by atoms with Crippen molar-refractivity contribution in [2.24, 2.45) is 0 Å². The van der Waals surface area contributed by atoms with Gasteiger partial charge in [-0.2, -0.15) is 0 Å². The molecule has 1 aliphatic heterocycles. The van der Waals surface area contributed by atoms with E-state index >= 15 is 0 Å². The number of hydrogen-bond donors (Lipinski definition) is 2. The number of nitrogens with one attached hydrogen (secondary N) is 2. The van der Waals surface area contributed by atoms with E-state index < -0.39 is 76.1 Å². The maximum absolute atomic E-state index is 13.7. The molecule has 5 atom stereocenters. The Balaban J connectivity index is 2.11. The van der Waals surface area contributed by atoms with Crippen molar-refractivity contribution in [2.75, 3.05) is 0 Å². The maximum Gasteiger partial charge on any atom is 0.408 e. The van der Waals surface area contributed by atoms with Crippen molar-refractivity contribution in [1.29, 1.82) is 0 Å². The SMILES string of the molecule is CC(C)(C)OC(=O)[C@@H](C[C@H]1O[C@@H](n2ccc(=O)[nH]c2=O)[C@H](O[Si](C)(C)C(C)(C)C)[C@@H]1O[Si](C)(C)C(C)(C)C)NC(=O)OCc1ccccc1. The van der Waals surface area contributed by atoms with Crippen LogP contribution < -0.4 is 16.6 Å². The minimum Gasteiger partial charge on any atom is -0.458 e. The molecule has 0 saturated carbocycles. The zero-order valence-electron chi connectivity index (χ0n) is 31.5. The van der Waals surface area contributed by atoms with Gasteiger partial charge in [0.15, 0.2) is 22.9 Å². The number of amides is 1. The third kappa shape index (κ3) is 10.7. The van der Waals surface area contributed by atoms with Crippen molar-refractivity contribution < 1.29 is 32.7 Å². The standard InChI is InChI=1S/C35H57N3O9Si2/c1-33(2,3)45-30(40)24(36-32(42)43-22-23-17-15-14-16-18-23)21-25-27(46-48(10,11)34(4,5)6)28(47-49(12,13)35(7,8)9)29(44-25)38-20-19-26(39)37-31(38)41/h14-20,24-25,27-29H,21-22H2,1-13H3,(H,36,42)(H,37,39,41)/t24-,25-,27-,28-,29-/m1/s1. The summed E-state index contributed by atoms with van der Waals surface area (Å²) in [5.74, 6) is -0.676. The lowest BCUT2D eigenvalue weighted by molar-refractivity contribution is -0.159. The predicted molar refractivity (Wildman–Crippen MR) is 193 cm³/mol. The van der Waals surface area contributed by atoms with E-state index in [1.807, 2.05) is 30.3 Å². The largest absolute Gasteiger partial charge is 0.458 e. The molecule has 2 N–H and O–H groups in total. The summed E-state index contributed by atoms with van der Waals surface area (Å²) < 4.78 is 33.3. The van der Waals surface area contributed by atoms with Gasteiger partial charge in [-0.25, -0.2) is 14.4 Å². The minimum absolute atomic E-state index is 0.00434. The molecule has 0 aliphatic carbocycles. The highest BCUT2D eigenvalue weighted by molar-refractivity contribution is 6.74. The number of rotatable bonds is 11. The van der Waals surface area contributed by atoms with Crippen LogP contribution in [0.1, 0.15) is 80.5 Å². The number of carbonyl (C=O) groups is 2. The highest BCUT2D eigenvalue weighted by Gasteiger charge is 2.55. The molecule has 0 spiro atoms. The van der Waals surface area contributed by atoms with E-state index in [2.05, 4.69) is 78.0 Å². The van der Waals surface area contributed by atoms with Crippen molar-refractivity contribution in [3.8, 4) is 0 Å². The summed E-state index contributed by atoms with van der Waals surface area (Å²) in [6, 6.07) is 9.25. The highest BCUT2D eigenvalue weighted by atomic mass is 28.4. The molecule has 1 amide bonds. The molecule has 14 heteroatoms. The van der Waals surface area contributed by atoms with Crippen LogP contribution in [0.25, 0.3) is 0 Å². The van der Waals surface area contributed by atoms with Gasteiger partial charge in [0, 0.05) is 18.7 Å². The number of carbonyl (C=O) groups excluding carboxylic acids is 2. The Morgan fingerprint density at radius 1 is 0.878 bits per heavy atom. The van der Waals surface area contributed by atoms with Gasteiger partial charge in [0.25, 0.3) is 5.56 Å². The van der Waals surface area contributed by atoms with Crippen LogP contribution in [0.2, 0.25) is 36.3 Å². The second-order valence-corrected chi connectivity index (χ2v) is 26.3. The summed E-state index contributed by atoms with van der Waals surface area (Å²) in [5.41, 5.74) is -1.28. The first-order valence-electron chi connectivity index (χ1n) is 16.8. The molecule has 1 fully saturated rings. The van der Waals surface area contributed by atoms with Crippen molar-refractivity contribution in [1.82, 2.24) is 14.9 Å². The fraction of sp³-hybridized carbons (Fsp3) is 0.657. The topological polar surface area (TPSA) is 147 Å². The summed E-state index contributed by atoms with van der Waals surface area (Å²) >= 11 is 0. The first-order valence-corrected chi connectivity index (χ1v) is 22.7. The van der Waals surface area contributed by atoms with E-state index in [0.717, 1.165) is 5.56 Å². The Kier molecular flexibility index (Phi) is 12.4. The van der Waals surface area contributed by atoms with Crippen molar-refractivity contribution in [3.05, 3.63) is 69.0 Å². The third-order valence-electron chi connectivity index (χ3n) is 9.55. The number of alkyl carbamates (subject to hydrolysis) is 1. The zero-order chi connectivity index (χ0) is 37.2. The van der Waals surface area contributed by atoms with Crippen LogP contribution in [0.15, 0.2) is 52.2 Å². The Hall–Kier alpha value is -3.05. The van der Waals surface area contributed by atoms with E-state index in [1.165, 1.54) is 16.8 Å². The Morgan fingerprint density at radius 3 is 1.94 bits per heavy atom. The van der Waals surface area contributed by atoms with Crippen LogP contribution in [-0.2, 0) is 34.5 Å². The van der Waals surface area contributed by atoms with E-state index in [4.69, 9.17) is 23.1 Å². The first kappa shape index (κ1) is 40.4. The van der Waals surface area contributed by atoms with Gasteiger partial charge in [0.2, 0.25) is 0 Å². The number of esters is 1. The summed E-state index contributed by atoms with van der Waals surface area (Å²) in [6.07, 6.45) is -2.91. The van der Waals surface area contributed by atoms with Crippen LogP contribution in [0.4, 0.5) is 4.79 Å². The average molecular weight is 720 g/mol. The Labute approximate surface area is 292 Å². The molecule has 1 saturated heterocycles. The molecular weight excluding hydrogens is 663 g/mol. The van der Waals surface area contributed by atoms with Gasteiger partial charge < -0.3 is 28.4 Å². The second kappa shape index (κ2) is 15.1. The Morgan fingerprint density at radius 2 is 1.43 bits per heavy atom. The molecule has 2 aromatic rings. The lowest BCUT2D eigenvalue weighted by Crippen LogP contribution is -2.55. The number of H-pyrrole nitrogens is 1. The highest BCUT2D eigenvalue weighted by Crippen LogP contribution is 2.46. The number of aromatic amines is 1. The number of ether oxygens (including phenoxy) is 3. The summed E-state index contributed by atoms with van der Waals surface area (Å²) in [4.78, 5) is 54.4. The molecule has 2 heterocycles. The molecule has 1 aromatic heterocycles. The van der Waals surface area contributed by atoms with Gasteiger partial charge in [-0.15, -0.1) is 0 Å². The van der Waals surface area contributed by atoms with Gasteiger partial charge in [-0.3, -0.25) is 14.3 Å². The second-order valence-electron chi connectivity index (χ2n) is 16.8. The van der Waals surface area contributed by atoms with E-state index in [9.17, 15) is 19.2 Å². The Bertz CT molecular complexity index is 1550. The summed E-state index contributed by atoms with van der Waals surface area (Å²) in [5, 5.41) is 2.28. The van der Waals surface area contributed by atoms with Gasteiger partial charge in [0.05, 0.1) is 6.10 Å². The van der Waals surface area contributed by atoms with Crippen LogP contribution in [0.5, 0.6) is 0 Å². The maximum atomic E-state index is 13.7. The molecule has 0 radical (unpaired) electrons. The molecule has 1 aromatic carbocycles. The van der Waals surface area contributed by atoms with Crippen LogP contribution in [0.3, 0.4) is 0 Å². The first-order chi connectivity index (χ1) is 22.3. The monoisotopic (exact) mass is 719 g/mol. The predicted octanol–water partition coefficient (Wildman–Crippen LogP) is 6.24. The van der Waals surface area contributed by atoms with Gasteiger partial charge >= 0.3 is 17.8 Å². The van der Waals surface area contributed by atoms with Crippen LogP contribution >= 0.6 is 0 Å². The molecule has 3 rings (SSSR count). The molecular formula is C35H57N3O9Si2. The van der Waals surface area contributed by atoms with Gasteiger partial charge in [-0.05, 0) is 62.6 Å². The van der Waals surface area contributed by atoms with E-state index in [0.29, 0.717) is 0 Å². The average Bonchev–Trinajstić information content (AvgIpc) is 3.24. The number of nitrogens with zero attached hydrogens (tertiary/aromatic N) is 1. The smallest absolute Gasteiger partial charge is 0.408 e. The molecule has 0 bridgehead atoms. The molecule has 0 unspecified atom stereocenters. The molecule has 274 valence electrons. The third-order valence-corrected chi connectivity index (χ3v) is 18.5.